The zero-order valence-electron chi connectivity index (χ0n) is 9.11. The predicted octanol–water partition coefficient (Wildman–Crippen LogP) is 3.95. The fraction of sp³-hybridized carbons (Fsp3) is 0.231. The van der Waals surface area contributed by atoms with Gasteiger partial charge in [-0.25, -0.2) is 0 Å². The Morgan fingerprint density at radius 1 is 1.31 bits per heavy atom. The maximum absolute atomic E-state index is 6.17. The second-order valence-corrected chi connectivity index (χ2v) is 5.73. The number of nitrogens with two attached hydrogens (primary N) is 1. The Labute approximate surface area is 105 Å². The van der Waals surface area contributed by atoms with Crippen molar-refractivity contribution in [1.82, 2.24) is 0 Å². The van der Waals surface area contributed by atoms with Crippen LogP contribution in [-0.4, -0.2) is 0 Å². The van der Waals surface area contributed by atoms with Gasteiger partial charge in [0.2, 0.25) is 0 Å². The molecule has 0 radical (unpaired) electrons. The maximum atomic E-state index is 6.17. The van der Waals surface area contributed by atoms with Crippen LogP contribution in [0.25, 0.3) is 0 Å². The SMILES string of the molecule is Cc1cccc(C(N)Cc2ccc(Cl)s2)c1. The number of thiophene rings is 1. The average molecular weight is 252 g/mol. The second kappa shape index (κ2) is 5.00. The van der Waals surface area contributed by atoms with Crippen molar-refractivity contribution in [2.75, 3.05) is 0 Å². The Morgan fingerprint density at radius 2 is 2.12 bits per heavy atom. The van der Waals surface area contributed by atoms with Crippen molar-refractivity contribution >= 4 is 22.9 Å². The van der Waals surface area contributed by atoms with Gasteiger partial charge in [0.25, 0.3) is 0 Å². The van der Waals surface area contributed by atoms with Gasteiger partial charge >= 0.3 is 0 Å². The fourth-order valence-corrected chi connectivity index (χ4v) is 2.84. The van der Waals surface area contributed by atoms with Crippen LogP contribution in [0.1, 0.15) is 22.0 Å². The van der Waals surface area contributed by atoms with Crippen molar-refractivity contribution in [2.24, 2.45) is 5.73 Å². The van der Waals surface area contributed by atoms with Crippen molar-refractivity contribution in [3.05, 3.63) is 56.7 Å². The Bertz CT molecular complexity index is 478. The minimum Gasteiger partial charge on any atom is -0.324 e. The third-order valence-corrected chi connectivity index (χ3v) is 3.77. The zero-order valence-corrected chi connectivity index (χ0v) is 10.7. The normalized spacial score (nSPS) is 12.7. The van der Waals surface area contributed by atoms with Crippen LogP contribution in [0.15, 0.2) is 36.4 Å². The average Bonchev–Trinajstić information content (AvgIpc) is 2.64. The van der Waals surface area contributed by atoms with Crippen LogP contribution in [0.4, 0.5) is 0 Å². The second-order valence-electron chi connectivity index (χ2n) is 3.93. The molecule has 0 aliphatic heterocycles. The molecule has 2 aromatic rings. The van der Waals surface area contributed by atoms with E-state index in [0.29, 0.717) is 0 Å². The highest BCUT2D eigenvalue weighted by Gasteiger charge is 2.08. The van der Waals surface area contributed by atoms with Crippen LogP contribution in [0.5, 0.6) is 0 Å². The summed E-state index contributed by atoms with van der Waals surface area (Å²) in [6, 6.07) is 12.4. The quantitative estimate of drug-likeness (QED) is 0.878. The highest BCUT2D eigenvalue weighted by molar-refractivity contribution is 7.16. The van der Waals surface area contributed by atoms with Crippen molar-refractivity contribution in [3.8, 4) is 0 Å². The summed E-state index contributed by atoms with van der Waals surface area (Å²) in [6.45, 7) is 2.08. The molecule has 0 fully saturated rings. The van der Waals surface area contributed by atoms with E-state index in [1.54, 1.807) is 11.3 Å². The van der Waals surface area contributed by atoms with Crippen LogP contribution in [0.3, 0.4) is 0 Å². The standard InChI is InChI=1S/C13H14ClNS/c1-9-3-2-4-10(7-9)12(15)8-11-5-6-13(14)16-11/h2-7,12H,8,15H2,1H3. The number of benzene rings is 1. The molecule has 0 aliphatic carbocycles. The van der Waals surface area contributed by atoms with Gasteiger partial charge in [-0.3, -0.25) is 0 Å². The summed E-state index contributed by atoms with van der Waals surface area (Å²) in [5, 5.41) is 0. The minimum atomic E-state index is 0.0506. The lowest BCUT2D eigenvalue weighted by atomic mass is 10.0. The van der Waals surface area contributed by atoms with Crippen molar-refractivity contribution in [3.63, 3.8) is 0 Å². The van der Waals surface area contributed by atoms with Gasteiger partial charge in [0.1, 0.15) is 0 Å². The lowest BCUT2D eigenvalue weighted by Crippen LogP contribution is -2.12. The molecule has 2 N–H and O–H groups in total. The van der Waals surface area contributed by atoms with E-state index < -0.39 is 0 Å². The molecule has 0 spiro atoms. The number of rotatable bonds is 3. The van der Waals surface area contributed by atoms with Crippen molar-refractivity contribution < 1.29 is 0 Å². The van der Waals surface area contributed by atoms with E-state index in [1.165, 1.54) is 16.0 Å². The number of hydrogen-bond donors (Lipinski definition) is 1. The van der Waals surface area contributed by atoms with Crippen molar-refractivity contribution in [2.45, 2.75) is 19.4 Å². The first-order valence-corrected chi connectivity index (χ1v) is 6.41. The van der Waals surface area contributed by atoms with E-state index >= 15 is 0 Å². The van der Waals surface area contributed by atoms with Gasteiger partial charge in [-0.1, -0.05) is 41.4 Å². The summed E-state index contributed by atoms with van der Waals surface area (Å²) < 4.78 is 0.825. The van der Waals surface area contributed by atoms with Gasteiger partial charge in [0.15, 0.2) is 0 Å². The largest absolute Gasteiger partial charge is 0.324 e. The third-order valence-electron chi connectivity index (χ3n) is 2.52. The van der Waals surface area contributed by atoms with Gasteiger partial charge < -0.3 is 5.73 Å². The molecule has 1 nitrogen and oxygen atoms in total. The first kappa shape index (κ1) is 11.6. The molecule has 1 aromatic heterocycles. The molecule has 0 saturated carbocycles. The molecule has 84 valence electrons. The zero-order chi connectivity index (χ0) is 11.5. The molecular weight excluding hydrogens is 238 g/mol. The van der Waals surface area contributed by atoms with E-state index in [0.717, 1.165) is 10.8 Å². The van der Waals surface area contributed by atoms with Gasteiger partial charge in [0.05, 0.1) is 4.34 Å². The van der Waals surface area contributed by atoms with E-state index in [9.17, 15) is 0 Å². The molecule has 16 heavy (non-hydrogen) atoms. The molecule has 0 aliphatic rings. The summed E-state index contributed by atoms with van der Waals surface area (Å²) in [6.07, 6.45) is 0.848. The Morgan fingerprint density at radius 3 is 2.75 bits per heavy atom. The molecule has 0 saturated heterocycles. The van der Waals surface area contributed by atoms with Crippen LogP contribution >= 0.6 is 22.9 Å². The highest BCUT2D eigenvalue weighted by atomic mass is 35.5. The van der Waals surface area contributed by atoms with E-state index in [4.69, 9.17) is 17.3 Å². The molecule has 1 heterocycles. The topological polar surface area (TPSA) is 26.0 Å². The lowest BCUT2D eigenvalue weighted by Gasteiger charge is -2.11. The van der Waals surface area contributed by atoms with E-state index in [2.05, 4.69) is 25.1 Å². The Balaban J connectivity index is 2.11. The van der Waals surface area contributed by atoms with Crippen LogP contribution in [0, 0.1) is 6.92 Å². The van der Waals surface area contributed by atoms with Gasteiger partial charge in [-0.2, -0.15) is 0 Å². The molecule has 3 heteroatoms. The monoisotopic (exact) mass is 251 g/mol. The molecule has 1 atom stereocenters. The van der Waals surface area contributed by atoms with Crippen LogP contribution in [-0.2, 0) is 6.42 Å². The number of halogens is 1. The molecule has 0 bridgehead atoms. The third kappa shape index (κ3) is 2.85. The summed E-state index contributed by atoms with van der Waals surface area (Å²) in [5.74, 6) is 0. The summed E-state index contributed by atoms with van der Waals surface area (Å²) in [4.78, 5) is 1.24. The molecule has 2 rings (SSSR count). The van der Waals surface area contributed by atoms with E-state index in [1.807, 2.05) is 18.2 Å². The first-order valence-electron chi connectivity index (χ1n) is 5.21. The molecule has 1 aromatic carbocycles. The van der Waals surface area contributed by atoms with Gasteiger partial charge in [0, 0.05) is 17.3 Å². The number of hydrogen-bond acceptors (Lipinski definition) is 2. The molecule has 0 amide bonds. The summed E-state index contributed by atoms with van der Waals surface area (Å²) >= 11 is 7.49. The Kier molecular flexibility index (Phi) is 3.64. The van der Waals surface area contributed by atoms with Gasteiger partial charge in [-0.15, -0.1) is 11.3 Å². The first-order chi connectivity index (χ1) is 7.65. The van der Waals surface area contributed by atoms with Gasteiger partial charge in [-0.05, 0) is 24.6 Å². The Hall–Kier alpha value is -0.830. The van der Waals surface area contributed by atoms with Crippen LogP contribution in [0.2, 0.25) is 4.34 Å². The number of aryl methyl sites for hydroxylation is 1. The summed E-state index contributed by atoms with van der Waals surface area (Å²) in [7, 11) is 0. The maximum Gasteiger partial charge on any atom is 0.0931 e. The summed E-state index contributed by atoms with van der Waals surface area (Å²) in [5.41, 5.74) is 8.60. The van der Waals surface area contributed by atoms with Crippen molar-refractivity contribution in [1.29, 1.82) is 0 Å². The molecule has 1 unspecified atom stereocenters. The predicted molar refractivity (Wildman–Crippen MR) is 71.1 cm³/mol. The van der Waals surface area contributed by atoms with Crippen LogP contribution < -0.4 is 5.73 Å². The smallest absolute Gasteiger partial charge is 0.0931 e. The van der Waals surface area contributed by atoms with E-state index in [-0.39, 0.29) is 6.04 Å². The highest BCUT2D eigenvalue weighted by Crippen LogP contribution is 2.25. The minimum absolute atomic E-state index is 0.0506. The lowest BCUT2D eigenvalue weighted by molar-refractivity contribution is 0.729. The fourth-order valence-electron chi connectivity index (χ4n) is 1.70. The molecular formula is C13H14ClNS.